The zero-order valence-electron chi connectivity index (χ0n) is 10.7. The molecule has 2 aliphatic heterocycles. The fraction of sp³-hybridized carbons (Fsp3) is 1.00. The molecule has 0 aromatic rings. The summed E-state index contributed by atoms with van der Waals surface area (Å²) in [6.07, 6.45) is 5.60. The fourth-order valence-electron chi connectivity index (χ4n) is 3.66. The van der Waals surface area contributed by atoms with Gasteiger partial charge in [0.1, 0.15) is 0 Å². The molecular weight excluding hydrogens is 184 g/mol. The van der Waals surface area contributed by atoms with E-state index in [1.165, 1.54) is 25.7 Å². The van der Waals surface area contributed by atoms with Crippen LogP contribution in [0.25, 0.3) is 0 Å². The van der Waals surface area contributed by atoms with E-state index >= 15 is 0 Å². The average molecular weight is 210 g/mol. The van der Waals surface area contributed by atoms with Crippen LogP contribution in [-0.4, -0.2) is 35.1 Å². The zero-order chi connectivity index (χ0) is 11.0. The topological polar surface area (TPSA) is 15.3 Å². The van der Waals surface area contributed by atoms with Crippen LogP contribution in [0.15, 0.2) is 0 Å². The largest absolute Gasteiger partial charge is 0.312 e. The van der Waals surface area contributed by atoms with Crippen LogP contribution in [-0.2, 0) is 0 Å². The van der Waals surface area contributed by atoms with Crippen LogP contribution >= 0.6 is 0 Å². The fourth-order valence-corrected chi connectivity index (χ4v) is 3.66. The quantitative estimate of drug-likeness (QED) is 0.769. The second kappa shape index (κ2) is 4.42. The maximum Gasteiger partial charge on any atom is 0.0116 e. The molecule has 0 aliphatic carbocycles. The molecule has 2 heterocycles. The maximum absolute atomic E-state index is 3.72. The Morgan fingerprint density at radius 1 is 1.00 bits per heavy atom. The molecule has 2 saturated heterocycles. The van der Waals surface area contributed by atoms with Crippen molar-refractivity contribution in [2.24, 2.45) is 0 Å². The predicted molar refractivity (Wildman–Crippen MR) is 65.1 cm³/mol. The summed E-state index contributed by atoms with van der Waals surface area (Å²) < 4.78 is 0. The van der Waals surface area contributed by atoms with E-state index in [2.05, 4.69) is 37.9 Å². The van der Waals surface area contributed by atoms with Gasteiger partial charge in [0, 0.05) is 30.2 Å². The lowest BCUT2D eigenvalue weighted by molar-refractivity contribution is 0.0830. The van der Waals surface area contributed by atoms with Crippen molar-refractivity contribution in [2.45, 2.75) is 83.6 Å². The number of nitrogens with one attached hydrogen (secondary N) is 1. The van der Waals surface area contributed by atoms with Gasteiger partial charge in [-0.25, -0.2) is 0 Å². The van der Waals surface area contributed by atoms with Crippen LogP contribution in [0.3, 0.4) is 0 Å². The van der Waals surface area contributed by atoms with Gasteiger partial charge in [0.05, 0.1) is 0 Å². The van der Waals surface area contributed by atoms with Gasteiger partial charge >= 0.3 is 0 Å². The number of hydrogen-bond acceptors (Lipinski definition) is 2. The van der Waals surface area contributed by atoms with Gasteiger partial charge < -0.3 is 5.32 Å². The third-order valence-corrected chi connectivity index (χ3v) is 3.95. The first kappa shape index (κ1) is 11.4. The van der Waals surface area contributed by atoms with Crippen molar-refractivity contribution in [3.63, 3.8) is 0 Å². The maximum atomic E-state index is 3.72. The van der Waals surface area contributed by atoms with E-state index in [9.17, 15) is 0 Å². The van der Waals surface area contributed by atoms with E-state index in [0.29, 0.717) is 6.04 Å². The first-order valence-corrected chi connectivity index (χ1v) is 6.61. The van der Waals surface area contributed by atoms with Crippen LogP contribution < -0.4 is 5.32 Å². The van der Waals surface area contributed by atoms with Crippen molar-refractivity contribution in [3.05, 3.63) is 0 Å². The summed E-state index contributed by atoms with van der Waals surface area (Å²) in [6, 6.07) is 3.87. The van der Waals surface area contributed by atoms with Gasteiger partial charge in [-0.15, -0.1) is 0 Å². The molecular formula is C13H26N2. The Kier molecular flexibility index (Phi) is 3.36. The summed E-state index contributed by atoms with van der Waals surface area (Å²) in [6.45, 7) is 9.22. The Morgan fingerprint density at radius 3 is 1.93 bits per heavy atom. The number of fused-ring (bicyclic) bond motifs is 2. The molecule has 2 rings (SSSR count). The third kappa shape index (κ3) is 2.36. The molecule has 2 nitrogen and oxygen atoms in total. The van der Waals surface area contributed by atoms with E-state index in [1.807, 2.05) is 0 Å². The van der Waals surface area contributed by atoms with E-state index in [1.54, 1.807) is 0 Å². The first-order valence-electron chi connectivity index (χ1n) is 6.61. The van der Waals surface area contributed by atoms with Crippen molar-refractivity contribution < 1.29 is 0 Å². The molecule has 2 fully saturated rings. The molecule has 3 atom stereocenters. The molecule has 0 aromatic heterocycles. The minimum atomic E-state index is 0.639. The van der Waals surface area contributed by atoms with Gasteiger partial charge in [0.25, 0.3) is 0 Å². The van der Waals surface area contributed by atoms with Gasteiger partial charge in [-0.2, -0.15) is 0 Å². The van der Waals surface area contributed by atoms with Crippen molar-refractivity contribution in [1.29, 1.82) is 0 Å². The standard InChI is InChI=1S/C13H26N2/c1-9(2)14-11-7-12-5-6-13(8-11)15(12)10(3)4/h9-14H,5-8H2,1-4H3/t11-,12-,13+. The Labute approximate surface area is 94.4 Å². The van der Waals surface area contributed by atoms with E-state index < -0.39 is 0 Å². The highest BCUT2D eigenvalue weighted by molar-refractivity contribution is 4.98. The van der Waals surface area contributed by atoms with Crippen LogP contribution in [0.2, 0.25) is 0 Å². The summed E-state index contributed by atoms with van der Waals surface area (Å²) in [4.78, 5) is 2.76. The van der Waals surface area contributed by atoms with Gasteiger partial charge in [-0.1, -0.05) is 13.8 Å². The molecule has 0 spiro atoms. The number of piperidine rings is 1. The first-order chi connectivity index (χ1) is 7.08. The molecule has 0 amide bonds. The SMILES string of the molecule is CC(C)N[C@@H]1C[C@H]2CC[C@@H](C1)N2C(C)C. The van der Waals surface area contributed by atoms with Crippen LogP contribution in [0.4, 0.5) is 0 Å². The summed E-state index contributed by atoms with van der Waals surface area (Å²) in [5.41, 5.74) is 0. The smallest absolute Gasteiger partial charge is 0.0116 e. The molecule has 1 N–H and O–H groups in total. The lowest BCUT2D eigenvalue weighted by Crippen LogP contribution is -2.52. The molecule has 0 radical (unpaired) electrons. The Morgan fingerprint density at radius 2 is 1.53 bits per heavy atom. The minimum absolute atomic E-state index is 0.639. The highest BCUT2D eigenvalue weighted by atomic mass is 15.2. The predicted octanol–water partition coefficient (Wildman–Crippen LogP) is 2.39. The summed E-state index contributed by atoms with van der Waals surface area (Å²) in [5.74, 6) is 0. The van der Waals surface area contributed by atoms with Crippen LogP contribution in [0, 0.1) is 0 Å². The van der Waals surface area contributed by atoms with E-state index in [4.69, 9.17) is 0 Å². The summed E-state index contributed by atoms with van der Waals surface area (Å²) in [5, 5.41) is 3.72. The molecule has 0 unspecified atom stereocenters. The van der Waals surface area contributed by atoms with Gasteiger partial charge in [-0.3, -0.25) is 4.90 Å². The molecule has 2 bridgehead atoms. The van der Waals surface area contributed by atoms with Crippen LogP contribution in [0.1, 0.15) is 53.4 Å². The normalized spacial score (nSPS) is 36.8. The van der Waals surface area contributed by atoms with Crippen molar-refractivity contribution in [2.75, 3.05) is 0 Å². The minimum Gasteiger partial charge on any atom is -0.312 e. The zero-order valence-corrected chi connectivity index (χ0v) is 10.7. The highest BCUT2D eigenvalue weighted by Crippen LogP contribution is 2.37. The van der Waals surface area contributed by atoms with E-state index in [0.717, 1.165) is 24.2 Å². The molecule has 0 aromatic carbocycles. The number of nitrogens with zero attached hydrogens (tertiary/aromatic N) is 1. The third-order valence-electron chi connectivity index (χ3n) is 3.95. The molecule has 2 heteroatoms. The monoisotopic (exact) mass is 210 g/mol. The Hall–Kier alpha value is -0.0800. The molecule has 2 aliphatic rings. The Balaban J connectivity index is 1.96. The summed E-state index contributed by atoms with van der Waals surface area (Å²) >= 11 is 0. The average Bonchev–Trinajstić information content (AvgIpc) is 2.38. The lowest BCUT2D eigenvalue weighted by Gasteiger charge is -2.42. The Bertz CT molecular complexity index is 199. The second-order valence-corrected chi connectivity index (χ2v) is 5.92. The summed E-state index contributed by atoms with van der Waals surface area (Å²) in [7, 11) is 0. The van der Waals surface area contributed by atoms with E-state index in [-0.39, 0.29) is 0 Å². The lowest BCUT2D eigenvalue weighted by atomic mass is 9.95. The van der Waals surface area contributed by atoms with Gasteiger partial charge in [0.15, 0.2) is 0 Å². The van der Waals surface area contributed by atoms with Crippen LogP contribution in [0.5, 0.6) is 0 Å². The second-order valence-electron chi connectivity index (χ2n) is 5.92. The van der Waals surface area contributed by atoms with Crippen molar-refractivity contribution >= 4 is 0 Å². The number of hydrogen-bond donors (Lipinski definition) is 1. The van der Waals surface area contributed by atoms with Gasteiger partial charge in [0.2, 0.25) is 0 Å². The molecule has 0 saturated carbocycles. The molecule has 88 valence electrons. The number of rotatable bonds is 3. The van der Waals surface area contributed by atoms with Crippen molar-refractivity contribution in [1.82, 2.24) is 10.2 Å². The van der Waals surface area contributed by atoms with Crippen molar-refractivity contribution in [3.8, 4) is 0 Å². The molecule has 15 heavy (non-hydrogen) atoms. The highest BCUT2D eigenvalue weighted by Gasteiger charge is 2.41. The van der Waals surface area contributed by atoms with Gasteiger partial charge in [-0.05, 0) is 39.5 Å².